The van der Waals surface area contributed by atoms with Crippen LogP contribution in [0.15, 0.2) is 30.3 Å². The number of hydrogen-bond donors (Lipinski definition) is 3. The fraction of sp³-hybridized carbons (Fsp3) is 0.417. The van der Waals surface area contributed by atoms with Gasteiger partial charge in [-0.2, -0.15) is 0 Å². The van der Waals surface area contributed by atoms with Gasteiger partial charge in [0.1, 0.15) is 17.2 Å². The molecule has 166 valence electrons. The summed E-state index contributed by atoms with van der Waals surface area (Å²) in [6, 6.07) is 7.66. The van der Waals surface area contributed by atoms with Gasteiger partial charge in [0.2, 0.25) is 5.91 Å². The number of piperidine rings is 1. The highest BCUT2D eigenvalue weighted by Crippen LogP contribution is 2.35. The van der Waals surface area contributed by atoms with E-state index in [0.29, 0.717) is 42.0 Å². The summed E-state index contributed by atoms with van der Waals surface area (Å²) in [4.78, 5) is 28.0. The zero-order valence-electron chi connectivity index (χ0n) is 17.9. The van der Waals surface area contributed by atoms with Crippen LogP contribution in [0, 0.1) is 5.92 Å². The molecule has 1 fully saturated rings. The lowest BCUT2D eigenvalue weighted by molar-refractivity contribution is -0.132. The molecule has 1 amide bonds. The molecular formula is C24H29NO6. The second-order valence-corrected chi connectivity index (χ2v) is 7.87. The fourth-order valence-corrected chi connectivity index (χ4v) is 4.18. The second-order valence-electron chi connectivity index (χ2n) is 7.87. The summed E-state index contributed by atoms with van der Waals surface area (Å²) in [7, 11) is 1.53. The van der Waals surface area contributed by atoms with E-state index in [-0.39, 0.29) is 41.9 Å². The Balaban J connectivity index is 1.99. The predicted octanol–water partition coefficient (Wildman–Crippen LogP) is 2.67. The Bertz CT molecular complexity index is 954. The van der Waals surface area contributed by atoms with Crippen molar-refractivity contribution >= 4 is 11.7 Å². The van der Waals surface area contributed by atoms with Gasteiger partial charge in [0.15, 0.2) is 5.78 Å². The number of aliphatic hydroxyl groups excluding tert-OH is 1. The number of nitrogens with zero attached hydrogens (tertiary/aromatic N) is 1. The minimum atomic E-state index is -0.426. The molecule has 3 N–H and O–H groups in total. The number of benzene rings is 2. The van der Waals surface area contributed by atoms with Gasteiger partial charge in [-0.3, -0.25) is 9.59 Å². The van der Waals surface area contributed by atoms with Gasteiger partial charge in [-0.05, 0) is 60.6 Å². The van der Waals surface area contributed by atoms with E-state index in [0.717, 1.165) is 18.9 Å². The minimum absolute atomic E-state index is 0.0259. The Hall–Kier alpha value is -3.06. The van der Waals surface area contributed by atoms with Gasteiger partial charge in [0.05, 0.1) is 19.1 Å². The highest BCUT2D eigenvalue weighted by molar-refractivity contribution is 6.12. The van der Waals surface area contributed by atoms with Crippen LogP contribution in [0.5, 0.6) is 17.2 Å². The minimum Gasteiger partial charge on any atom is -0.508 e. The van der Waals surface area contributed by atoms with Crippen molar-refractivity contribution < 1.29 is 29.6 Å². The molecule has 31 heavy (non-hydrogen) atoms. The zero-order valence-corrected chi connectivity index (χ0v) is 17.9. The van der Waals surface area contributed by atoms with Gasteiger partial charge < -0.3 is 25.0 Å². The van der Waals surface area contributed by atoms with Crippen LogP contribution in [0.1, 0.15) is 46.8 Å². The molecule has 7 heteroatoms. The number of ketones is 1. The van der Waals surface area contributed by atoms with Crippen molar-refractivity contribution in [1.82, 2.24) is 4.90 Å². The van der Waals surface area contributed by atoms with Crippen molar-refractivity contribution in [1.29, 1.82) is 0 Å². The Kier molecular flexibility index (Phi) is 7.17. The van der Waals surface area contributed by atoms with Crippen molar-refractivity contribution in [3.05, 3.63) is 52.6 Å². The molecule has 1 unspecified atom stereocenters. The summed E-state index contributed by atoms with van der Waals surface area (Å²) in [5.74, 6) is -0.474. The number of phenols is 2. The van der Waals surface area contributed by atoms with Crippen LogP contribution >= 0.6 is 0 Å². The molecule has 0 aromatic heterocycles. The number of methoxy groups -OCH3 is 1. The summed E-state index contributed by atoms with van der Waals surface area (Å²) in [6.07, 6.45) is 1.96. The van der Waals surface area contributed by atoms with E-state index in [4.69, 9.17) is 4.74 Å². The number of amides is 1. The average molecular weight is 427 g/mol. The second kappa shape index (κ2) is 9.83. The lowest BCUT2D eigenvalue weighted by Gasteiger charge is -2.32. The number of rotatable bonds is 7. The van der Waals surface area contributed by atoms with Crippen LogP contribution < -0.4 is 4.74 Å². The molecule has 7 nitrogen and oxygen atoms in total. The SMILES string of the molecule is CCc1c(O)cc(O)c(C(=O)c2ccc(OC)cc2)c1CC(=O)N1CCCC(CO)C1. The Morgan fingerprint density at radius 3 is 2.45 bits per heavy atom. The Morgan fingerprint density at radius 2 is 1.84 bits per heavy atom. The number of ether oxygens (including phenoxy) is 1. The predicted molar refractivity (Wildman–Crippen MR) is 116 cm³/mol. The average Bonchev–Trinajstić information content (AvgIpc) is 2.79. The number of hydrogen-bond acceptors (Lipinski definition) is 6. The molecule has 0 saturated carbocycles. The molecule has 2 aromatic rings. The van der Waals surface area contributed by atoms with E-state index in [1.54, 1.807) is 29.2 Å². The van der Waals surface area contributed by atoms with Gasteiger partial charge in [-0.1, -0.05) is 6.92 Å². The smallest absolute Gasteiger partial charge is 0.227 e. The monoisotopic (exact) mass is 427 g/mol. The maximum Gasteiger partial charge on any atom is 0.227 e. The zero-order chi connectivity index (χ0) is 22.5. The van der Waals surface area contributed by atoms with E-state index >= 15 is 0 Å². The van der Waals surface area contributed by atoms with Crippen molar-refractivity contribution in [2.75, 3.05) is 26.8 Å². The maximum absolute atomic E-state index is 13.3. The number of likely N-dealkylation sites (tertiary alicyclic amines) is 1. The number of carbonyl (C=O) groups excluding carboxylic acids is 2. The molecule has 1 heterocycles. The van der Waals surface area contributed by atoms with Crippen molar-refractivity contribution in [2.24, 2.45) is 5.92 Å². The van der Waals surface area contributed by atoms with Crippen molar-refractivity contribution in [3.63, 3.8) is 0 Å². The molecule has 1 aliphatic rings. The molecule has 3 rings (SSSR count). The number of phenolic OH excluding ortho intramolecular Hbond substituents is 2. The first kappa shape index (κ1) is 22.6. The summed E-state index contributed by atoms with van der Waals surface area (Å²) < 4.78 is 5.13. The highest BCUT2D eigenvalue weighted by Gasteiger charge is 2.28. The molecule has 1 atom stereocenters. The third kappa shape index (κ3) is 4.82. The van der Waals surface area contributed by atoms with E-state index in [1.807, 2.05) is 6.92 Å². The first-order chi connectivity index (χ1) is 14.9. The van der Waals surface area contributed by atoms with Crippen LogP contribution in [0.25, 0.3) is 0 Å². The lowest BCUT2D eigenvalue weighted by Crippen LogP contribution is -2.41. The van der Waals surface area contributed by atoms with E-state index in [9.17, 15) is 24.9 Å². The Morgan fingerprint density at radius 1 is 1.13 bits per heavy atom. The molecular weight excluding hydrogens is 398 g/mol. The molecule has 0 aliphatic carbocycles. The van der Waals surface area contributed by atoms with Crippen LogP contribution in [0.2, 0.25) is 0 Å². The van der Waals surface area contributed by atoms with E-state index in [1.165, 1.54) is 7.11 Å². The van der Waals surface area contributed by atoms with Crippen LogP contribution in [0.3, 0.4) is 0 Å². The Labute approximate surface area is 181 Å². The van der Waals surface area contributed by atoms with E-state index < -0.39 is 5.78 Å². The van der Waals surface area contributed by atoms with Gasteiger partial charge >= 0.3 is 0 Å². The fourth-order valence-electron chi connectivity index (χ4n) is 4.18. The standard InChI is InChI=1S/C24H29NO6/c1-3-18-19(11-22(29)25-10-4-5-15(13-25)14-26)23(21(28)12-20(18)27)24(30)16-6-8-17(31-2)9-7-16/h6-9,12,15,26-28H,3-5,10-11,13-14H2,1-2H3. The van der Waals surface area contributed by atoms with Crippen LogP contribution in [-0.4, -0.2) is 58.7 Å². The third-order valence-electron chi connectivity index (χ3n) is 5.90. The van der Waals surface area contributed by atoms with Gasteiger partial charge in [0.25, 0.3) is 0 Å². The number of aromatic hydroxyl groups is 2. The van der Waals surface area contributed by atoms with Crippen molar-refractivity contribution in [2.45, 2.75) is 32.6 Å². The molecule has 1 saturated heterocycles. The lowest BCUT2D eigenvalue weighted by atomic mass is 9.89. The molecule has 0 radical (unpaired) electrons. The summed E-state index contributed by atoms with van der Waals surface area (Å²) in [6.45, 7) is 2.90. The topological polar surface area (TPSA) is 107 Å². The molecule has 0 spiro atoms. The maximum atomic E-state index is 13.3. The van der Waals surface area contributed by atoms with Crippen molar-refractivity contribution in [3.8, 4) is 17.2 Å². The van der Waals surface area contributed by atoms with Gasteiger partial charge in [-0.15, -0.1) is 0 Å². The highest BCUT2D eigenvalue weighted by atomic mass is 16.5. The quantitative estimate of drug-likeness (QED) is 0.587. The van der Waals surface area contributed by atoms with Gasteiger partial charge in [0, 0.05) is 31.3 Å². The number of carbonyl (C=O) groups is 2. The summed E-state index contributed by atoms with van der Waals surface area (Å²) in [5, 5.41) is 30.4. The number of aliphatic hydroxyl groups is 1. The van der Waals surface area contributed by atoms with Crippen LogP contribution in [0.4, 0.5) is 0 Å². The largest absolute Gasteiger partial charge is 0.508 e. The summed E-state index contributed by atoms with van der Waals surface area (Å²) in [5.41, 5.74) is 1.19. The van der Waals surface area contributed by atoms with E-state index in [2.05, 4.69) is 0 Å². The van der Waals surface area contributed by atoms with Gasteiger partial charge in [-0.25, -0.2) is 0 Å². The first-order valence-electron chi connectivity index (χ1n) is 10.5. The van der Waals surface area contributed by atoms with Crippen LogP contribution in [-0.2, 0) is 17.6 Å². The molecule has 0 bridgehead atoms. The molecule has 1 aliphatic heterocycles. The normalized spacial score (nSPS) is 16.2. The summed E-state index contributed by atoms with van der Waals surface area (Å²) >= 11 is 0. The first-order valence-corrected chi connectivity index (χ1v) is 10.5. The third-order valence-corrected chi connectivity index (χ3v) is 5.90. The molecule has 2 aromatic carbocycles.